The van der Waals surface area contributed by atoms with Gasteiger partial charge in [0.25, 0.3) is 5.69 Å². The number of hydrogen-bond acceptors (Lipinski definition) is 6. The summed E-state index contributed by atoms with van der Waals surface area (Å²) in [6.07, 6.45) is 3.21. The first-order chi connectivity index (χ1) is 9.63. The lowest BCUT2D eigenvalue weighted by atomic mass is 9.94. The average Bonchev–Trinajstić information content (AvgIpc) is 2.87. The van der Waals surface area contributed by atoms with Crippen molar-refractivity contribution in [3.8, 4) is 0 Å². The summed E-state index contributed by atoms with van der Waals surface area (Å²) in [5.74, 6) is 0.615. The molecule has 1 unspecified atom stereocenters. The van der Waals surface area contributed by atoms with E-state index in [0.29, 0.717) is 5.82 Å². The van der Waals surface area contributed by atoms with E-state index in [1.807, 2.05) is 0 Å². The molecule has 0 saturated heterocycles. The van der Waals surface area contributed by atoms with E-state index in [1.54, 1.807) is 11.3 Å². The maximum Gasteiger partial charge on any atom is 0.276 e. The SMILES string of the molecule is Nc1cc([N+](=O)[O-])cc(NC2CCCc3sccc32)n1. The van der Waals surface area contributed by atoms with Crippen LogP contribution < -0.4 is 11.1 Å². The molecule has 0 aromatic carbocycles. The summed E-state index contributed by atoms with van der Waals surface area (Å²) < 4.78 is 0. The summed E-state index contributed by atoms with van der Waals surface area (Å²) in [4.78, 5) is 15.9. The van der Waals surface area contributed by atoms with Crippen LogP contribution in [0, 0.1) is 10.1 Å². The molecule has 0 radical (unpaired) electrons. The fourth-order valence-corrected chi connectivity index (χ4v) is 3.52. The van der Waals surface area contributed by atoms with Crippen molar-refractivity contribution in [3.63, 3.8) is 0 Å². The van der Waals surface area contributed by atoms with Crippen LogP contribution in [0.25, 0.3) is 0 Å². The third-order valence-corrected chi connectivity index (χ3v) is 4.41. The number of nitro groups is 1. The molecule has 7 heteroatoms. The van der Waals surface area contributed by atoms with E-state index in [0.717, 1.165) is 19.3 Å². The van der Waals surface area contributed by atoms with Crippen LogP contribution in [0.2, 0.25) is 0 Å². The first kappa shape index (κ1) is 12.9. The van der Waals surface area contributed by atoms with E-state index in [9.17, 15) is 10.1 Å². The minimum Gasteiger partial charge on any atom is -0.383 e. The van der Waals surface area contributed by atoms with E-state index in [4.69, 9.17) is 5.73 Å². The lowest BCUT2D eigenvalue weighted by Gasteiger charge is -2.24. The van der Waals surface area contributed by atoms with Crippen molar-refractivity contribution in [1.29, 1.82) is 0 Å². The number of fused-ring (bicyclic) bond motifs is 1. The van der Waals surface area contributed by atoms with Crippen molar-refractivity contribution in [3.05, 3.63) is 44.1 Å². The topological polar surface area (TPSA) is 94.1 Å². The van der Waals surface area contributed by atoms with Crippen LogP contribution in [-0.4, -0.2) is 9.91 Å². The number of nitrogens with zero attached hydrogens (tertiary/aromatic N) is 2. The number of aryl methyl sites for hydroxylation is 1. The average molecular weight is 290 g/mol. The molecule has 6 nitrogen and oxygen atoms in total. The van der Waals surface area contributed by atoms with E-state index in [-0.39, 0.29) is 17.5 Å². The fourth-order valence-electron chi connectivity index (χ4n) is 2.53. The standard InChI is InChI=1S/C13H14N4O2S/c14-12-6-8(17(18)19)7-13(16-12)15-10-2-1-3-11-9(10)4-5-20-11/h4-7,10H,1-3H2,(H3,14,15,16). The molecular weight excluding hydrogens is 276 g/mol. The summed E-state index contributed by atoms with van der Waals surface area (Å²) in [6, 6.07) is 4.95. The van der Waals surface area contributed by atoms with Crippen molar-refractivity contribution in [2.24, 2.45) is 0 Å². The largest absolute Gasteiger partial charge is 0.383 e. The summed E-state index contributed by atoms with van der Waals surface area (Å²) in [5, 5.41) is 16.2. The lowest BCUT2D eigenvalue weighted by molar-refractivity contribution is -0.384. The quantitative estimate of drug-likeness (QED) is 0.669. The van der Waals surface area contributed by atoms with Gasteiger partial charge in [0.05, 0.1) is 23.1 Å². The Balaban J connectivity index is 1.88. The van der Waals surface area contributed by atoms with Gasteiger partial charge in [0.15, 0.2) is 0 Å². The normalized spacial score (nSPS) is 17.5. The van der Waals surface area contributed by atoms with Gasteiger partial charge in [0, 0.05) is 4.88 Å². The van der Waals surface area contributed by atoms with Crippen LogP contribution >= 0.6 is 11.3 Å². The molecule has 3 rings (SSSR count). The predicted molar refractivity (Wildman–Crippen MR) is 78.9 cm³/mol. The number of nitrogens with one attached hydrogen (secondary N) is 1. The molecule has 0 spiro atoms. The van der Waals surface area contributed by atoms with Gasteiger partial charge in [-0.25, -0.2) is 4.98 Å². The molecule has 3 N–H and O–H groups in total. The predicted octanol–water partition coefficient (Wildman–Crippen LogP) is 3.12. The summed E-state index contributed by atoms with van der Waals surface area (Å²) in [5.41, 5.74) is 6.85. The maximum atomic E-state index is 10.9. The van der Waals surface area contributed by atoms with Gasteiger partial charge in [-0.1, -0.05) is 0 Å². The molecule has 1 aliphatic rings. The van der Waals surface area contributed by atoms with Gasteiger partial charge < -0.3 is 11.1 Å². The van der Waals surface area contributed by atoms with E-state index in [2.05, 4.69) is 21.7 Å². The zero-order chi connectivity index (χ0) is 14.1. The Morgan fingerprint density at radius 3 is 3.15 bits per heavy atom. The lowest BCUT2D eigenvalue weighted by Crippen LogP contribution is -2.16. The van der Waals surface area contributed by atoms with Gasteiger partial charge in [0.1, 0.15) is 11.6 Å². The van der Waals surface area contributed by atoms with Gasteiger partial charge >= 0.3 is 0 Å². The number of aromatic nitrogens is 1. The Kier molecular flexibility index (Phi) is 3.27. The van der Waals surface area contributed by atoms with Crippen LogP contribution in [-0.2, 0) is 6.42 Å². The highest BCUT2D eigenvalue weighted by molar-refractivity contribution is 7.10. The maximum absolute atomic E-state index is 10.9. The third-order valence-electron chi connectivity index (χ3n) is 3.41. The molecule has 2 heterocycles. The number of nitrogens with two attached hydrogens (primary N) is 1. The monoisotopic (exact) mass is 290 g/mol. The zero-order valence-corrected chi connectivity index (χ0v) is 11.5. The van der Waals surface area contributed by atoms with Crippen molar-refractivity contribution in [2.75, 3.05) is 11.1 Å². The van der Waals surface area contributed by atoms with Crippen molar-refractivity contribution in [2.45, 2.75) is 25.3 Å². The minimum absolute atomic E-state index is 0.0404. The molecule has 2 aromatic heterocycles. The van der Waals surface area contributed by atoms with Gasteiger partial charge in [-0.15, -0.1) is 11.3 Å². The highest BCUT2D eigenvalue weighted by Gasteiger charge is 2.22. The number of hydrogen-bond donors (Lipinski definition) is 2. The molecule has 0 fully saturated rings. The summed E-state index contributed by atoms with van der Waals surface area (Å²) >= 11 is 1.76. The second kappa shape index (κ2) is 5.09. The summed E-state index contributed by atoms with van der Waals surface area (Å²) in [6.45, 7) is 0. The zero-order valence-electron chi connectivity index (χ0n) is 10.7. The van der Waals surface area contributed by atoms with Crippen LogP contribution in [0.15, 0.2) is 23.6 Å². The van der Waals surface area contributed by atoms with Crippen molar-refractivity contribution < 1.29 is 4.92 Å². The number of pyridine rings is 1. The molecule has 0 amide bonds. The van der Waals surface area contributed by atoms with Gasteiger partial charge in [-0.3, -0.25) is 10.1 Å². The molecule has 0 bridgehead atoms. The van der Waals surface area contributed by atoms with Gasteiger partial charge in [-0.2, -0.15) is 0 Å². The Bertz CT molecular complexity index is 656. The number of rotatable bonds is 3. The van der Waals surface area contributed by atoms with Crippen LogP contribution in [0.5, 0.6) is 0 Å². The fraction of sp³-hybridized carbons (Fsp3) is 0.308. The van der Waals surface area contributed by atoms with E-state index < -0.39 is 4.92 Å². The Hall–Kier alpha value is -2.15. The van der Waals surface area contributed by atoms with Crippen LogP contribution in [0.1, 0.15) is 29.3 Å². The second-order valence-corrected chi connectivity index (χ2v) is 5.78. The molecule has 1 atom stereocenters. The first-order valence-electron chi connectivity index (χ1n) is 6.38. The van der Waals surface area contributed by atoms with Crippen LogP contribution in [0.3, 0.4) is 0 Å². The number of nitrogen functional groups attached to an aromatic ring is 1. The molecule has 1 aliphatic carbocycles. The highest BCUT2D eigenvalue weighted by Crippen LogP contribution is 2.35. The smallest absolute Gasteiger partial charge is 0.276 e. The Labute approximate surface area is 119 Å². The molecule has 2 aromatic rings. The molecule has 0 saturated carbocycles. The van der Waals surface area contributed by atoms with Crippen molar-refractivity contribution in [1.82, 2.24) is 4.98 Å². The molecule has 104 valence electrons. The highest BCUT2D eigenvalue weighted by atomic mass is 32.1. The van der Waals surface area contributed by atoms with Crippen LogP contribution in [0.4, 0.5) is 17.3 Å². The number of anilines is 2. The number of thiophene rings is 1. The van der Waals surface area contributed by atoms with Gasteiger partial charge in [-0.05, 0) is 36.3 Å². The van der Waals surface area contributed by atoms with E-state index in [1.165, 1.54) is 22.6 Å². The minimum atomic E-state index is -0.458. The molecular formula is C13H14N4O2S. The van der Waals surface area contributed by atoms with E-state index >= 15 is 0 Å². The summed E-state index contributed by atoms with van der Waals surface area (Å²) in [7, 11) is 0. The Morgan fingerprint density at radius 1 is 1.50 bits per heavy atom. The first-order valence-corrected chi connectivity index (χ1v) is 7.26. The molecule has 0 aliphatic heterocycles. The second-order valence-electron chi connectivity index (χ2n) is 4.78. The van der Waals surface area contributed by atoms with Crippen molar-refractivity contribution >= 4 is 28.7 Å². The molecule has 20 heavy (non-hydrogen) atoms. The third kappa shape index (κ3) is 2.44. The van der Waals surface area contributed by atoms with Gasteiger partial charge in [0.2, 0.25) is 0 Å². The Morgan fingerprint density at radius 2 is 2.35 bits per heavy atom.